The Balaban J connectivity index is 1.82. The third kappa shape index (κ3) is 3.68. The van der Waals surface area contributed by atoms with Crippen molar-refractivity contribution in [1.29, 1.82) is 0 Å². The van der Waals surface area contributed by atoms with Gasteiger partial charge in [-0.1, -0.05) is 34.1 Å². The molecule has 0 fully saturated rings. The van der Waals surface area contributed by atoms with Gasteiger partial charge in [0, 0.05) is 40.7 Å². The zero-order valence-corrected chi connectivity index (χ0v) is 13.7. The Bertz CT molecular complexity index is 757. The largest absolute Gasteiger partial charge is 0.366 e. The van der Waals surface area contributed by atoms with E-state index in [1.807, 2.05) is 55.6 Å². The van der Waals surface area contributed by atoms with E-state index in [4.69, 9.17) is 0 Å². The Hall–Kier alpha value is -2.27. The van der Waals surface area contributed by atoms with Gasteiger partial charge in [-0.2, -0.15) is 0 Å². The first-order valence-corrected chi connectivity index (χ1v) is 7.74. The number of aryl methyl sites for hydroxylation is 1. The second-order valence-electron chi connectivity index (χ2n) is 4.94. The van der Waals surface area contributed by atoms with E-state index < -0.39 is 0 Å². The third-order valence-corrected chi connectivity index (χ3v) is 3.68. The Morgan fingerprint density at radius 2 is 1.91 bits per heavy atom. The monoisotopic (exact) mass is 354 g/mol. The normalized spacial score (nSPS) is 10.5. The Morgan fingerprint density at radius 3 is 2.64 bits per heavy atom. The fourth-order valence-corrected chi connectivity index (χ4v) is 2.35. The summed E-state index contributed by atoms with van der Waals surface area (Å²) in [4.78, 5) is 13.2. The number of hydrogen-bond acceptors (Lipinski definition) is 4. The van der Waals surface area contributed by atoms with Crippen LogP contribution in [-0.2, 0) is 6.54 Å². The average Bonchev–Trinajstić information content (AvgIpc) is 2.54. The van der Waals surface area contributed by atoms with Crippen molar-refractivity contribution in [3.8, 4) is 11.4 Å². The molecule has 3 aromatic rings. The molecule has 1 N–H and O–H groups in total. The van der Waals surface area contributed by atoms with Crippen LogP contribution in [0.4, 0.5) is 5.82 Å². The summed E-state index contributed by atoms with van der Waals surface area (Å²) in [6.45, 7) is 2.66. The van der Waals surface area contributed by atoms with E-state index in [1.165, 1.54) is 0 Å². The first-order chi connectivity index (χ1) is 10.7. The van der Waals surface area contributed by atoms with Gasteiger partial charge in [-0.15, -0.1) is 0 Å². The second-order valence-corrected chi connectivity index (χ2v) is 5.86. The van der Waals surface area contributed by atoms with Crippen LogP contribution in [0.1, 0.15) is 11.3 Å². The molecule has 5 heteroatoms. The predicted octanol–water partition coefficient (Wildman–Crippen LogP) is 4.22. The van der Waals surface area contributed by atoms with Crippen molar-refractivity contribution in [2.45, 2.75) is 13.5 Å². The van der Waals surface area contributed by atoms with E-state index in [2.05, 4.69) is 36.2 Å². The van der Waals surface area contributed by atoms with Crippen LogP contribution in [0.25, 0.3) is 11.4 Å². The fourth-order valence-electron chi connectivity index (χ4n) is 2.08. The number of nitrogens with one attached hydrogen (secondary N) is 1. The van der Waals surface area contributed by atoms with E-state index in [1.54, 1.807) is 6.20 Å². The van der Waals surface area contributed by atoms with Gasteiger partial charge in [-0.25, -0.2) is 9.97 Å². The molecule has 0 aliphatic rings. The number of aromatic nitrogens is 3. The molecule has 0 radical (unpaired) electrons. The maximum absolute atomic E-state index is 4.59. The van der Waals surface area contributed by atoms with Gasteiger partial charge in [0.05, 0.1) is 0 Å². The highest BCUT2D eigenvalue weighted by Gasteiger charge is 2.05. The number of pyridine rings is 1. The second kappa shape index (κ2) is 6.66. The summed E-state index contributed by atoms with van der Waals surface area (Å²) in [5.41, 5.74) is 3.04. The lowest BCUT2D eigenvalue weighted by Crippen LogP contribution is -2.04. The smallest absolute Gasteiger partial charge is 0.161 e. The lowest BCUT2D eigenvalue weighted by atomic mass is 10.2. The molecule has 0 amide bonds. The van der Waals surface area contributed by atoms with Crippen molar-refractivity contribution in [3.63, 3.8) is 0 Å². The maximum atomic E-state index is 4.59. The third-order valence-electron chi connectivity index (χ3n) is 3.15. The summed E-state index contributed by atoms with van der Waals surface area (Å²) >= 11 is 3.44. The molecule has 0 bridgehead atoms. The maximum Gasteiger partial charge on any atom is 0.161 e. The summed E-state index contributed by atoms with van der Waals surface area (Å²) in [7, 11) is 0. The summed E-state index contributed by atoms with van der Waals surface area (Å²) in [5.74, 6) is 1.54. The van der Waals surface area contributed by atoms with Crippen molar-refractivity contribution >= 4 is 21.7 Å². The van der Waals surface area contributed by atoms with E-state index >= 15 is 0 Å². The summed E-state index contributed by atoms with van der Waals surface area (Å²) in [6.07, 6.45) is 3.61. The summed E-state index contributed by atoms with van der Waals surface area (Å²) in [6, 6.07) is 13.9. The highest BCUT2D eigenvalue weighted by Crippen LogP contribution is 2.20. The molecule has 0 aliphatic carbocycles. The van der Waals surface area contributed by atoms with Crippen molar-refractivity contribution in [3.05, 3.63) is 70.6 Å². The average molecular weight is 355 g/mol. The molecule has 0 spiro atoms. The molecule has 0 atom stereocenters. The fraction of sp³-hybridized carbons (Fsp3) is 0.118. The lowest BCUT2D eigenvalue weighted by Gasteiger charge is -2.09. The van der Waals surface area contributed by atoms with Crippen LogP contribution in [-0.4, -0.2) is 15.0 Å². The van der Waals surface area contributed by atoms with E-state index in [0.29, 0.717) is 6.54 Å². The molecule has 22 heavy (non-hydrogen) atoms. The molecule has 3 rings (SSSR count). The molecule has 2 aromatic heterocycles. The number of hydrogen-bond donors (Lipinski definition) is 1. The minimum Gasteiger partial charge on any atom is -0.366 e. The number of rotatable bonds is 4. The highest BCUT2D eigenvalue weighted by molar-refractivity contribution is 9.10. The molecule has 0 aliphatic heterocycles. The molecule has 4 nitrogen and oxygen atoms in total. The zero-order chi connectivity index (χ0) is 15.4. The summed E-state index contributed by atoms with van der Waals surface area (Å²) in [5, 5.41) is 3.32. The molecule has 0 unspecified atom stereocenters. The van der Waals surface area contributed by atoms with Crippen molar-refractivity contribution < 1.29 is 0 Å². The minimum atomic E-state index is 0.685. The highest BCUT2D eigenvalue weighted by atomic mass is 79.9. The van der Waals surface area contributed by atoms with Gasteiger partial charge < -0.3 is 5.32 Å². The van der Waals surface area contributed by atoms with Gasteiger partial charge in [0.25, 0.3) is 0 Å². The van der Waals surface area contributed by atoms with Gasteiger partial charge >= 0.3 is 0 Å². The van der Waals surface area contributed by atoms with Crippen molar-refractivity contribution in [1.82, 2.24) is 15.0 Å². The van der Waals surface area contributed by atoms with Crippen LogP contribution >= 0.6 is 15.9 Å². The van der Waals surface area contributed by atoms with Crippen molar-refractivity contribution in [2.75, 3.05) is 5.32 Å². The Kier molecular flexibility index (Phi) is 4.44. The minimum absolute atomic E-state index is 0.685. The lowest BCUT2D eigenvalue weighted by molar-refractivity contribution is 1.05. The van der Waals surface area contributed by atoms with Crippen LogP contribution in [0.3, 0.4) is 0 Å². The first kappa shape index (κ1) is 14.7. The van der Waals surface area contributed by atoms with Crippen LogP contribution < -0.4 is 5.32 Å². The molecule has 0 saturated carbocycles. The molecular weight excluding hydrogens is 340 g/mol. The van der Waals surface area contributed by atoms with Gasteiger partial charge in [0.2, 0.25) is 0 Å². The van der Waals surface area contributed by atoms with Gasteiger partial charge in [0.1, 0.15) is 5.82 Å². The SMILES string of the molecule is Cc1cc(NCc2cccnc2)nc(-c2ccc(Br)cc2)n1. The van der Waals surface area contributed by atoms with Gasteiger partial charge in [0.15, 0.2) is 5.82 Å². The molecule has 1 aromatic carbocycles. The summed E-state index contributed by atoms with van der Waals surface area (Å²) < 4.78 is 1.04. The van der Waals surface area contributed by atoms with Crippen LogP contribution in [0.15, 0.2) is 59.3 Å². The quantitative estimate of drug-likeness (QED) is 0.761. The van der Waals surface area contributed by atoms with Crippen LogP contribution in [0.2, 0.25) is 0 Å². The predicted molar refractivity (Wildman–Crippen MR) is 91.5 cm³/mol. The number of nitrogens with zero attached hydrogens (tertiary/aromatic N) is 3. The van der Waals surface area contributed by atoms with E-state index in [9.17, 15) is 0 Å². The number of benzene rings is 1. The topological polar surface area (TPSA) is 50.7 Å². The first-order valence-electron chi connectivity index (χ1n) is 6.95. The number of halogens is 1. The molecule has 110 valence electrons. The zero-order valence-electron chi connectivity index (χ0n) is 12.1. The molecule has 0 saturated heterocycles. The van der Waals surface area contributed by atoms with E-state index in [0.717, 1.165) is 32.9 Å². The Morgan fingerprint density at radius 1 is 1.09 bits per heavy atom. The van der Waals surface area contributed by atoms with Crippen LogP contribution in [0, 0.1) is 6.92 Å². The Labute approximate surface area is 137 Å². The van der Waals surface area contributed by atoms with Gasteiger partial charge in [-0.05, 0) is 30.7 Å². The van der Waals surface area contributed by atoms with E-state index in [-0.39, 0.29) is 0 Å². The number of anilines is 1. The van der Waals surface area contributed by atoms with Crippen LogP contribution in [0.5, 0.6) is 0 Å². The molecule has 2 heterocycles. The van der Waals surface area contributed by atoms with Crippen molar-refractivity contribution in [2.24, 2.45) is 0 Å². The standard InChI is InChI=1S/C17H15BrN4/c1-12-9-16(20-11-13-3-2-8-19-10-13)22-17(21-12)14-4-6-15(18)7-5-14/h2-10H,11H2,1H3,(H,20,21,22). The molecular formula is C17H15BrN4. The van der Waals surface area contributed by atoms with Gasteiger partial charge in [-0.3, -0.25) is 4.98 Å².